The first-order valence-corrected chi connectivity index (χ1v) is 11.8. The second-order valence-corrected chi connectivity index (χ2v) is 9.18. The second-order valence-electron chi connectivity index (χ2n) is 8.23. The molecule has 31 heavy (non-hydrogen) atoms. The Labute approximate surface area is 186 Å². The molecule has 0 bridgehead atoms. The molecule has 1 aliphatic carbocycles. The molecule has 3 heterocycles. The SMILES string of the molecule is CN(C(=O)c1nn(Cc2ccccc2)c2nccc(-c3cccs3)c12)C1CCCCC1. The molecule has 0 saturated heterocycles. The molecular weight excluding hydrogens is 404 g/mol. The van der Waals surface area contributed by atoms with Crippen molar-refractivity contribution in [2.45, 2.75) is 44.7 Å². The van der Waals surface area contributed by atoms with E-state index < -0.39 is 0 Å². The molecule has 0 N–H and O–H groups in total. The molecule has 1 amide bonds. The van der Waals surface area contributed by atoms with Crippen LogP contribution in [-0.4, -0.2) is 38.7 Å². The number of benzene rings is 1. The molecule has 0 aliphatic heterocycles. The van der Waals surface area contributed by atoms with Gasteiger partial charge >= 0.3 is 0 Å². The Morgan fingerprint density at radius 1 is 1.10 bits per heavy atom. The van der Waals surface area contributed by atoms with Crippen molar-refractivity contribution >= 4 is 28.3 Å². The molecule has 6 heteroatoms. The highest BCUT2D eigenvalue weighted by atomic mass is 32.1. The van der Waals surface area contributed by atoms with E-state index in [4.69, 9.17) is 5.10 Å². The first kappa shape index (κ1) is 19.9. The number of hydrogen-bond donors (Lipinski definition) is 0. The molecule has 3 aromatic heterocycles. The van der Waals surface area contributed by atoms with Crippen LogP contribution in [0.4, 0.5) is 0 Å². The summed E-state index contributed by atoms with van der Waals surface area (Å²) < 4.78 is 1.88. The summed E-state index contributed by atoms with van der Waals surface area (Å²) in [7, 11) is 1.93. The summed E-state index contributed by atoms with van der Waals surface area (Å²) in [6, 6.07) is 16.6. The molecule has 4 aromatic rings. The van der Waals surface area contributed by atoms with Gasteiger partial charge in [-0.2, -0.15) is 5.10 Å². The average Bonchev–Trinajstić information content (AvgIpc) is 3.48. The fourth-order valence-electron chi connectivity index (χ4n) is 4.55. The van der Waals surface area contributed by atoms with E-state index in [9.17, 15) is 4.79 Å². The van der Waals surface area contributed by atoms with E-state index in [-0.39, 0.29) is 11.9 Å². The van der Waals surface area contributed by atoms with Crippen LogP contribution >= 0.6 is 11.3 Å². The van der Waals surface area contributed by atoms with Gasteiger partial charge in [0.2, 0.25) is 0 Å². The molecule has 1 fully saturated rings. The lowest BCUT2D eigenvalue weighted by Crippen LogP contribution is -2.38. The summed E-state index contributed by atoms with van der Waals surface area (Å²) in [4.78, 5) is 21.4. The Balaban J connectivity index is 1.62. The van der Waals surface area contributed by atoms with Gasteiger partial charge < -0.3 is 4.90 Å². The number of nitrogens with zero attached hydrogens (tertiary/aromatic N) is 4. The van der Waals surface area contributed by atoms with E-state index in [0.29, 0.717) is 12.2 Å². The number of hydrogen-bond acceptors (Lipinski definition) is 4. The van der Waals surface area contributed by atoms with Crippen LogP contribution in [0.2, 0.25) is 0 Å². The number of amides is 1. The summed E-state index contributed by atoms with van der Waals surface area (Å²) in [5, 5.41) is 7.75. The van der Waals surface area contributed by atoms with Gasteiger partial charge in [0.1, 0.15) is 0 Å². The second kappa shape index (κ2) is 8.63. The molecular formula is C25H26N4OS. The molecule has 0 atom stereocenters. The van der Waals surface area contributed by atoms with Gasteiger partial charge in [-0.05, 0) is 35.9 Å². The maximum Gasteiger partial charge on any atom is 0.275 e. The third kappa shape index (κ3) is 3.88. The van der Waals surface area contributed by atoms with Gasteiger partial charge in [0.05, 0.1) is 11.9 Å². The zero-order valence-electron chi connectivity index (χ0n) is 17.7. The summed E-state index contributed by atoms with van der Waals surface area (Å²) in [6.07, 6.45) is 7.60. The van der Waals surface area contributed by atoms with Gasteiger partial charge in [-0.3, -0.25) is 4.79 Å². The van der Waals surface area contributed by atoms with Crippen LogP contribution in [0.3, 0.4) is 0 Å². The highest BCUT2D eigenvalue weighted by molar-refractivity contribution is 7.13. The van der Waals surface area contributed by atoms with Crippen LogP contribution in [0.5, 0.6) is 0 Å². The number of carbonyl (C=O) groups excluding carboxylic acids is 1. The van der Waals surface area contributed by atoms with Crippen LogP contribution < -0.4 is 0 Å². The van der Waals surface area contributed by atoms with Crippen LogP contribution in [0.25, 0.3) is 21.5 Å². The third-order valence-electron chi connectivity index (χ3n) is 6.24. The topological polar surface area (TPSA) is 51.0 Å². The lowest BCUT2D eigenvalue weighted by atomic mass is 9.94. The molecule has 158 valence electrons. The Morgan fingerprint density at radius 3 is 2.65 bits per heavy atom. The first-order valence-electron chi connectivity index (χ1n) is 10.9. The van der Waals surface area contributed by atoms with Crippen molar-refractivity contribution in [1.82, 2.24) is 19.7 Å². The molecule has 1 saturated carbocycles. The Kier molecular flexibility index (Phi) is 5.55. The van der Waals surface area contributed by atoms with Crippen molar-refractivity contribution in [3.8, 4) is 10.4 Å². The highest BCUT2D eigenvalue weighted by Crippen LogP contribution is 2.34. The Hall–Kier alpha value is -2.99. The number of thiophene rings is 1. The van der Waals surface area contributed by atoms with Gasteiger partial charge in [0.25, 0.3) is 5.91 Å². The number of rotatable bonds is 5. The quantitative estimate of drug-likeness (QED) is 0.413. The fourth-order valence-corrected chi connectivity index (χ4v) is 5.31. The van der Waals surface area contributed by atoms with E-state index in [1.807, 2.05) is 53.2 Å². The number of aromatic nitrogens is 3. The Morgan fingerprint density at radius 2 is 1.90 bits per heavy atom. The van der Waals surface area contributed by atoms with Crippen LogP contribution in [0.1, 0.15) is 48.2 Å². The van der Waals surface area contributed by atoms with Crippen molar-refractivity contribution in [2.24, 2.45) is 0 Å². The zero-order chi connectivity index (χ0) is 21.2. The predicted molar refractivity (Wildman–Crippen MR) is 125 cm³/mol. The lowest BCUT2D eigenvalue weighted by Gasteiger charge is -2.30. The van der Waals surface area contributed by atoms with E-state index in [0.717, 1.165) is 39.9 Å². The zero-order valence-corrected chi connectivity index (χ0v) is 18.5. The Bertz CT molecular complexity index is 1180. The summed E-state index contributed by atoms with van der Waals surface area (Å²) in [5.74, 6) is -0.00508. The first-order chi connectivity index (χ1) is 15.2. The smallest absolute Gasteiger partial charge is 0.275 e. The molecule has 0 spiro atoms. The normalized spacial score (nSPS) is 14.7. The van der Waals surface area contributed by atoms with E-state index >= 15 is 0 Å². The maximum atomic E-state index is 13.7. The minimum absolute atomic E-state index is 0.00508. The third-order valence-corrected chi connectivity index (χ3v) is 7.14. The van der Waals surface area contributed by atoms with E-state index in [1.54, 1.807) is 11.3 Å². The van der Waals surface area contributed by atoms with Gasteiger partial charge in [-0.15, -0.1) is 11.3 Å². The molecule has 5 nitrogen and oxygen atoms in total. The standard InChI is InChI=1S/C25H26N4OS/c1-28(19-11-6-3-7-12-19)25(30)23-22-20(21-13-8-16-31-21)14-15-26-24(22)29(27-23)17-18-9-4-2-5-10-18/h2,4-5,8-10,13-16,19H,3,6-7,11-12,17H2,1H3. The molecule has 0 radical (unpaired) electrons. The van der Waals surface area contributed by atoms with Crippen molar-refractivity contribution in [3.63, 3.8) is 0 Å². The van der Waals surface area contributed by atoms with Crippen LogP contribution in [-0.2, 0) is 6.54 Å². The molecule has 1 aliphatic rings. The van der Waals surface area contributed by atoms with Crippen molar-refractivity contribution in [3.05, 3.63) is 71.4 Å². The van der Waals surface area contributed by atoms with Crippen LogP contribution in [0.15, 0.2) is 60.1 Å². The molecule has 5 rings (SSSR count). The van der Waals surface area contributed by atoms with Gasteiger partial charge in [0, 0.05) is 29.7 Å². The van der Waals surface area contributed by atoms with Crippen LogP contribution in [0, 0.1) is 0 Å². The van der Waals surface area contributed by atoms with Gasteiger partial charge in [-0.25, -0.2) is 9.67 Å². The molecule has 1 aromatic carbocycles. The molecule has 0 unspecified atom stereocenters. The van der Waals surface area contributed by atoms with Gasteiger partial charge in [-0.1, -0.05) is 55.7 Å². The highest BCUT2D eigenvalue weighted by Gasteiger charge is 2.28. The number of fused-ring (bicyclic) bond motifs is 1. The van der Waals surface area contributed by atoms with Crippen molar-refractivity contribution < 1.29 is 4.79 Å². The average molecular weight is 431 g/mol. The summed E-state index contributed by atoms with van der Waals surface area (Å²) in [5.41, 5.74) is 3.43. The van der Waals surface area contributed by atoms with Crippen molar-refractivity contribution in [1.29, 1.82) is 0 Å². The minimum Gasteiger partial charge on any atom is -0.337 e. The minimum atomic E-state index is -0.00508. The van der Waals surface area contributed by atoms with E-state index in [1.165, 1.54) is 19.3 Å². The van der Waals surface area contributed by atoms with Gasteiger partial charge in [0.15, 0.2) is 11.3 Å². The maximum absolute atomic E-state index is 13.7. The lowest BCUT2D eigenvalue weighted by molar-refractivity contribution is 0.0691. The van der Waals surface area contributed by atoms with Crippen molar-refractivity contribution in [2.75, 3.05) is 7.05 Å². The summed E-state index contributed by atoms with van der Waals surface area (Å²) >= 11 is 1.67. The fraction of sp³-hybridized carbons (Fsp3) is 0.320. The number of pyridine rings is 1. The monoisotopic (exact) mass is 430 g/mol. The van der Waals surface area contributed by atoms with E-state index in [2.05, 4.69) is 28.6 Å². The number of carbonyl (C=O) groups is 1. The predicted octanol–water partition coefficient (Wildman–Crippen LogP) is 5.61. The largest absolute Gasteiger partial charge is 0.337 e. The summed E-state index contributed by atoms with van der Waals surface area (Å²) in [6.45, 7) is 0.582.